The van der Waals surface area contributed by atoms with E-state index in [1.54, 1.807) is 49.4 Å². The van der Waals surface area contributed by atoms with Crippen LogP contribution in [0.3, 0.4) is 0 Å². The molecule has 39 heavy (non-hydrogen) atoms. The highest BCUT2D eigenvalue weighted by Gasteiger charge is 2.33. The van der Waals surface area contributed by atoms with E-state index in [-0.39, 0.29) is 33.1 Å². The van der Waals surface area contributed by atoms with Crippen LogP contribution in [0.2, 0.25) is 15.1 Å². The third-order valence-corrected chi connectivity index (χ3v) is 8.42. The second-order valence-electron chi connectivity index (χ2n) is 8.82. The van der Waals surface area contributed by atoms with Crippen molar-refractivity contribution in [3.05, 3.63) is 93.4 Å². The first-order chi connectivity index (χ1) is 18.6. The van der Waals surface area contributed by atoms with E-state index in [1.807, 2.05) is 6.92 Å². The Labute approximate surface area is 244 Å². The summed E-state index contributed by atoms with van der Waals surface area (Å²) < 4.78 is 28.6. The Morgan fingerprint density at radius 3 is 2.05 bits per heavy atom. The molecule has 2 amide bonds. The van der Waals surface area contributed by atoms with Gasteiger partial charge in [0.2, 0.25) is 11.8 Å². The molecule has 0 aromatic heterocycles. The summed E-state index contributed by atoms with van der Waals surface area (Å²) in [4.78, 5) is 28.5. The molecule has 11 heteroatoms. The van der Waals surface area contributed by atoms with Gasteiger partial charge in [-0.3, -0.25) is 13.9 Å². The SMILES string of the molecule is CCCNC(=O)C(CC)N(Cc1ccc(Cl)cc1)C(=O)CN(c1cc(Cl)cc(Cl)c1)S(=O)(=O)c1ccccc1. The van der Waals surface area contributed by atoms with Crippen LogP contribution in [0.15, 0.2) is 77.7 Å². The van der Waals surface area contributed by atoms with Crippen molar-refractivity contribution >= 4 is 62.3 Å². The van der Waals surface area contributed by atoms with E-state index in [0.29, 0.717) is 18.0 Å². The summed E-state index contributed by atoms with van der Waals surface area (Å²) in [6.07, 6.45) is 1.05. The number of carbonyl (C=O) groups excluding carboxylic acids is 2. The molecule has 3 rings (SSSR count). The predicted molar refractivity (Wildman–Crippen MR) is 157 cm³/mol. The smallest absolute Gasteiger partial charge is 0.264 e. The largest absolute Gasteiger partial charge is 0.354 e. The van der Waals surface area contributed by atoms with Crippen molar-refractivity contribution < 1.29 is 18.0 Å². The van der Waals surface area contributed by atoms with Gasteiger partial charge in [-0.05, 0) is 60.9 Å². The number of hydrogen-bond acceptors (Lipinski definition) is 4. The monoisotopic (exact) mass is 609 g/mol. The molecule has 0 aliphatic carbocycles. The molecule has 0 aliphatic rings. The fraction of sp³-hybridized carbons (Fsp3) is 0.286. The molecule has 0 saturated heterocycles. The predicted octanol–water partition coefficient (Wildman–Crippen LogP) is 6.18. The fourth-order valence-corrected chi connectivity index (χ4v) is 6.06. The van der Waals surface area contributed by atoms with Crippen molar-refractivity contribution in [1.29, 1.82) is 0 Å². The third-order valence-electron chi connectivity index (χ3n) is 5.95. The maximum Gasteiger partial charge on any atom is 0.264 e. The van der Waals surface area contributed by atoms with E-state index >= 15 is 0 Å². The highest BCUT2D eigenvalue weighted by Crippen LogP contribution is 2.30. The lowest BCUT2D eigenvalue weighted by Gasteiger charge is -2.33. The molecule has 0 radical (unpaired) electrons. The molecular weight excluding hydrogens is 581 g/mol. The van der Waals surface area contributed by atoms with Gasteiger partial charge in [-0.25, -0.2) is 8.42 Å². The van der Waals surface area contributed by atoms with Gasteiger partial charge in [0, 0.05) is 28.2 Å². The van der Waals surface area contributed by atoms with E-state index in [9.17, 15) is 18.0 Å². The minimum atomic E-state index is -4.21. The lowest BCUT2D eigenvalue weighted by molar-refractivity contribution is -0.140. The highest BCUT2D eigenvalue weighted by atomic mass is 35.5. The fourth-order valence-electron chi connectivity index (χ4n) is 4.00. The van der Waals surface area contributed by atoms with Crippen LogP contribution in [0.4, 0.5) is 5.69 Å². The van der Waals surface area contributed by atoms with Crippen LogP contribution in [-0.4, -0.2) is 44.3 Å². The number of nitrogens with one attached hydrogen (secondary N) is 1. The summed E-state index contributed by atoms with van der Waals surface area (Å²) in [5.41, 5.74) is 0.859. The minimum absolute atomic E-state index is 0.00844. The number of benzene rings is 3. The first-order valence-electron chi connectivity index (χ1n) is 12.4. The normalized spacial score (nSPS) is 12.0. The molecular formula is C28H30Cl3N3O4S. The summed E-state index contributed by atoms with van der Waals surface area (Å²) in [5.74, 6) is -0.885. The average Bonchev–Trinajstić information content (AvgIpc) is 2.91. The van der Waals surface area contributed by atoms with E-state index in [1.165, 1.54) is 35.2 Å². The average molecular weight is 611 g/mol. The van der Waals surface area contributed by atoms with E-state index in [2.05, 4.69) is 5.32 Å². The molecule has 1 unspecified atom stereocenters. The van der Waals surface area contributed by atoms with Gasteiger partial charge in [0.25, 0.3) is 10.0 Å². The number of carbonyl (C=O) groups is 2. The maximum absolute atomic E-state index is 14.0. The van der Waals surface area contributed by atoms with Crippen LogP contribution in [0.25, 0.3) is 0 Å². The van der Waals surface area contributed by atoms with E-state index in [0.717, 1.165) is 16.3 Å². The quantitative estimate of drug-likeness (QED) is 0.266. The van der Waals surface area contributed by atoms with E-state index in [4.69, 9.17) is 34.8 Å². The molecule has 1 atom stereocenters. The molecule has 0 aliphatic heterocycles. The highest BCUT2D eigenvalue weighted by molar-refractivity contribution is 7.92. The number of halogens is 3. The molecule has 1 N–H and O–H groups in total. The number of amides is 2. The maximum atomic E-state index is 14.0. The van der Waals surface area contributed by atoms with Gasteiger partial charge in [-0.15, -0.1) is 0 Å². The molecule has 0 saturated carbocycles. The number of sulfonamides is 1. The lowest BCUT2D eigenvalue weighted by atomic mass is 10.1. The van der Waals surface area contributed by atoms with Gasteiger partial charge in [-0.1, -0.05) is 79.0 Å². The number of rotatable bonds is 12. The zero-order chi connectivity index (χ0) is 28.6. The summed E-state index contributed by atoms with van der Waals surface area (Å²) in [5, 5.41) is 3.80. The summed E-state index contributed by atoms with van der Waals surface area (Å²) >= 11 is 18.5. The van der Waals surface area contributed by atoms with Crippen molar-refractivity contribution in [3.8, 4) is 0 Å². The van der Waals surface area contributed by atoms with Crippen LogP contribution >= 0.6 is 34.8 Å². The van der Waals surface area contributed by atoms with Crippen LogP contribution < -0.4 is 9.62 Å². The van der Waals surface area contributed by atoms with Crippen LogP contribution in [0.5, 0.6) is 0 Å². The van der Waals surface area contributed by atoms with Crippen molar-refractivity contribution in [1.82, 2.24) is 10.2 Å². The van der Waals surface area contributed by atoms with Gasteiger partial charge >= 0.3 is 0 Å². The Kier molecular flexibility index (Phi) is 11.1. The standard InChI is InChI=1S/C28H30Cl3N3O4S/c1-3-14-32-28(36)26(4-2)33(18-20-10-12-21(29)13-11-20)27(35)19-34(24-16-22(30)15-23(31)17-24)39(37,38)25-8-6-5-7-9-25/h5-13,15-17,26H,3-4,14,18-19H2,1-2H3,(H,32,36). The molecule has 0 spiro atoms. The Morgan fingerprint density at radius 1 is 0.872 bits per heavy atom. The van der Waals surface area contributed by atoms with Crippen molar-refractivity contribution in [3.63, 3.8) is 0 Å². The number of anilines is 1. The van der Waals surface area contributed by atoms with Crippen LogP contribution in [-0.2, 0) is 26.2 Å². The number of nitrogens with zero attached hydrogens (tertiary/aromatic N) is 2. The Morgan fingerprint density at radius 2 is 1.49 bits per heavy atom. The van der Waals surface area contributed by atoms with Crippen LogP contribution in [0.1, 0.15) is 32.3 Å². The molecule has 7 nitrogen and oxygen atoms in total. The minimum Gasteiger partial charge on any atom is -0.354 e. The molecule has 3 aromatic rings. The Balaban J connectivity index is 2.06. The van der Waals surface area contributed by atoms with Gasteiger partial charge in [0.15, 0.2) is 0 Å². The Bertz CT molecular complexity index is 1370. The van der Waals surface area contributed by atoms with Gasteiger partial charge in [0.1, 0.15) is 12.6 Å². The summed E-state index contributed by atoms with van der Waals surface area (Å²) in [7, 11) is -4.21. The molecule has 3 aromatic carbocycles. The molecule has 0 bridgehead atoms. The first kappa shape index (κ1) is 30.8. The molecule has 0 heterocycles. The van der Waals surface area contributed by atoms with Crippen molar-refractivity contribution in [2.45, 2.75) is 44.2 Å². The summed E-state index contributed by atoms with van der Waals surface area (Å²) in [6.45, 7) is 3.67. The lowest BCUT2D eigenvalue weighted by Crippen LogP contribution is -2.52. The van der Waals surface area contributed by atoms with Crippen LogP contribution in [0, 0.1) is 0 Å². The molecule has 0 fully saturated rings. The first-order valence-corrected chi connectivity index (χ1v) is 15.0. The zero-order valence-electron chi connectivity index (χ0n) is 21.6. The van der Waals surface area contributed by atoms with Gasteiger partial charge in [0.05, 0.1) is 10.6 Å². The molecule has 208 valence electrons. The topological polar surface area (TPSA) is 86.8 Å². The summed E-state index contributed by atoms with van der Waals surface area (Å²) in [6, 6.07) is 18.2. The van der Waals surface area contributed by atoms with Gasteiger partial charge < -0.3 is 10.2 Å². The second kappa shape index (κ2) is 14.0. The zero-order valence-corrected chi connectivity index (χ0v) is 24.7. The van der Waals surface area contributed by atoms with Crippen molar-refractivity contribution in [2.24, 2.45) is 0 Å². The number of hydrogen-bond donors (Lipinski definition) is 1. The Hall–Kier alpha value is -2.78. The second-order valence-corrected chi connectivity index (χ2v) is 12.0. The van der Waals surface area contributed by atoms with E-state index < -0.39 is 28.5 Å². The van der Waals surface area contributed by atoms with Crippen molar-refractivity contribution in [2.75, 3.05) is 17.4 Å². The third kappa shape index (κ3) is 8.11. The van der Waals surface area contributed by atoms with Gasteiger partial charge in [-0.2, -0.15) is 0 Å².